The highest BCUT2D eigenvalue weighted by Gasteiger charge is 2.02. The maximum Gasteiger partial charge on any atom is 0.193 e. The lowest BCUT2D eigenvalue weighted by Crippen LogP contribution is -2.27. The van der Waals surface area contributed by atoms with Crippen LogP contribution in [0.5, 0.6) is 5.75 Å². The van der Waals surface area contributed by atoms with Gasteiger partial charge in [-0.05, 0) is 61.9 Å². The molecule has 0 radical (unpaired) electrons. The number of aryl methyl sites for hydroxylation is 2. The second-order valence-electron chi connectivity index (χ2n) is 6.92. The molecule has 152 valence electrons. The lowest BCUT2D eigenvalue weighted by Gasteiger charge is -2.16. The summed E-state index contributed by atoms with van der Waals surface area (Å²) in [6.45, 7) is 7.75. The Morgan fingerprint density at radius 1 is 1.07 bits per heavy atom. The maximum absolute atomic E-state index is 6.03. The van der Waals surface area contributed by atoms with E-state index in [0.29, 0.717) is 19.1 Å². The number of likely N-dealkylation sites (N-methyl/N-ethyl adjacent to an activating group) is 1. The molecule has 0 aromatic heterocycles. The molecule has 2 aromatic carbocycles. The molecular weight excluding hydrogens is 352 g/mol. The summed E-state index contributed by atoms with van der Waals surface area (Å²) in [4.78, 5) is 6.61. The van der Waals surface area contributed by atoms with Gasteiger partial charge in [-0.1, -0.05) is 18.2 Å². The zero-order valence-corrected chi connectivity index (χ0v) is 17.4. The molecule has 0 saturated heterocycles. The summed E-state index contributed by atoms with van der Waals surface area (Å²) in [6, 6.07) is 14.1. The second-order valence-corrected chi connectivity index (χ2v) is 6.92. The lowest BCUT2D eigenvalue weighted by atomic mass is 10.1. The molecule has 2 rings (SSSR count). The molecule has 0 spiro atoms. The van der Waals surface area contributed by atoms with Crippen molar-refractivity contribution in [3.05, 3.63) is 59.2 Å². The van der Waals surface area contributed by atoms with Gasteiger partial charge in [-0.15, -0.1) is 0 Å². The van der Waals surface area contributed by atoms with Crippen LogP contribution in [0, 0.1) is 13.8 Å². The Kier molecular flexibility index (Phi) is 8.78. The highest BCUT2D eigenvalue weighted by molar-refractivity contribution is 5.92. The molecule has 2 aromatic rings. The third-order valence-corrected chi connectivity index (χ3v) is 4.53. The maximum atomic E-state index is 6.03. The first-order chi connectivity index (χ1) is 13.5. The van der Waals surface area contributed by atoms with E-state index >= 15 is 0 Å². The molecular formula is C22H32N4O2. The van der Waals surface area contributed by atoms with Gasteiger partial charge in [-0.2, -0.15) is 0 Å². The van der Waals surface area contributed by atoms with Crippen LogP contribution in [0.25, 0.3) is 0 Å². The van der Waals surface area contributed by atoms with Crippen molar-refractivity contribution in [3.8, 4) is 5.75 Å². The van der Waals surface area contributed by atoms with Crippen molar-refractivity contribution in [3.63, 3.8) is 0 Å². The Hall–Kier alpha value is -2.57. The molecule has 3 N–H and O–H groups in total. The summed E-state index contributed by atoms with van der Waals surface area (Å²) in [5.74, 6) is 1.24. The van der Waals surface area contributed by atoms with E-state index in [2.05, 4.69) is 48.2 Å². The van der Waals surface area contributed by atoms with Gasteiger partial charge < -0.3 is 25.4 Å². The standard InChI is InChI=1S/C22H32N4O2/c1-17-8-9-20(14-18(17)2)25-22(23)24-16-19-6-5-7-21(15-19)28-13-11-26(3)10-12-27-4/h5-9,14-15H,10-13,16H2,1-4H3,(H3,23,24,25). The van der Waals surface area contributed by atoms with Crippen molar-refractivity contribution >= 4 is 11.6 Å². The molecule has 6 heteroatoms. The summed E-state index contributed by atoms with van der Waals surface area (Å²) < 4.78 is 10.9. The van der Waals surface area contributed by atoms with Gasteiger partial charge in [0.05, 0.1) is 13.2 Å². The number of nitrogens with one attached hydrogen (secondary N) is 1. The quantitative estimate of drug-likeness (QED) is 0.486. The number of hydrogen-bond acceptors (Lipinski definition) is 4. The third-order valence-electron chi connectivity index (χ3n) is 4.53. The van der Waals surface area contributed by atoms with Gasteiger partial charge in [-0.3, -0.25) is 0 Å². The number of rotatable bonds is 10. The predicted molar refractivity (Wildman–Crippen MR) is 116 cm³/mol. The number of benzene rings is 2. The van der Waals surface area contributed by atoms with Crippen LogP contribution in [-0.4, -0.2) is 51.3 Å². The molecule has 0 unspecified atom stereocenters. The monoisotopic (exact) mass is 384 g/mol. The van der Waals surface area contributed by atoms with Crippen LogP contribution in [0.2, 0.25) is 0 Å². The third kappa shape index (κ3) is 7.58. The fourth-order valence-electron chi connectivity index (χ4n) is 2.59. The molecule has 6 nitrogen and oxygen atoms in total. The van der Waals surface area contributed by atoms with Gasteiger partial charge in [0, 0.05) is 25.9 Å². The molecule has 0 heterocycles. The average Bonchev–Trinajstić information content (AvgIpc) is 2.68. The van der Waals surface area contributed by atoms with E-state index in [1.807, 2.05) is 30.3 Å². The highest BCUT2D eigenvalue weighted by Crippen LogP contribution is 2.15. The number of ether oxygens (including phenoxy) is 2. The molecule has 0 fully saturated rings. The molecule has 0 aliphatic carbocycles. The highest BCUT2D eigenvalue weighted by atomic mass is 16.5. The Morgan fingerprint density at radius 3 is 2.61 bits per heavy atom. The summed E-state index contributed by atoms with van der Waals surface area (Å²) in [5, 5.41) is 3.14. The molecule has 0 bridgehead atoms. The van der Waals surface area contributed by atoms with E-state index in [0.717, 1.165) is 36.7 Å². The van der Waals surface area contributed by atoms with Gasteiger partial charge in [0.2, 0.25) is 0 Å². The smallest absolute Gasteiger partial charge is 0.193 e. The average molecular weight is 385 g/mol. The van der Waals surface area contributed by atoms with E-state index in [1.165, 1.54) is 11.1 Å². The van der Waals surface area contributed by atoms with Crippen molar-refractivity contribution in [1.82, 2.24) is 4.90 Å². The topological polar surface area (TPSA) is 72.1 Å². The number of nitrogens with two attached hydrogens (primary N) is 1. The van der Waals surface area contributed by atoms with Crippen molar-refractivity contribution in [2.45, 2.75) is 20.4 Å². The lowest BCUT2D eigenvalue weighted by molar-refractivity contribution is 0.150. The van der Waals surface area contributed by atoms with Crippen molar-refractivity contribution < 1.29 is 9.47 Å². The van der Waals surface area contributed by atoms with E-state index < -0.39 is 0 Å². The predicted octanol–water partition coefficient (Wildman–Crippen LogP) is 3.19. The fraction of sp³-hybridized carbons (Fsp3) is 0.409. The van der Waals surface area contributed by atoms with Crippen LogP contribution < -0.4 is 15.8 Å². The molecule has 28 heavy (non-hydrogen) atoms. The van der Waals surface area contributed by atoms with Crippen LogP contribution in [0.4, 0.5) is 5.69 Å². The summed E-state index contributed by atoms with van der Waals surface area (Å²) in [5.41, 5.74) is 10.5. The van der Waals surface area contributed by atoms with Gasteiger partial charge in [-0.25, -0.2) is 4.99 Å². The number of methoxy groups -OCH3 is 1. The second kappa shape index (κ2) is 11.3. The number of aliphatic imine (C=N–C) groups is 1. The normalized spacial score (nSPS) is 11.7. The minimum absolute atomic E-state index is 0.398. The summed E-state index contributed by atoms with van der Waals surface area (Å²) in [6.07, 6.45) is 0. The zero-order chi connectivity index (χ0) is 20.4. The number of anilines is 1. The van der Waals surface area contributed by atoms with E-state index in [1.54, 1.807) is 7.11 Å². The summed E-state index contributed by atoms with van der Waals surface area (Å²) in [7, 11) is 3.77. The van der Waals surface area contributed by atoms with Crippen molar-refractivity contribution in [2.75, 3.05) is 45.8 Å². The first-order valence-electron chi connectivity index (χ1n) is 9.51. The number of hydrogen-bond donors (Lipinski definition) is 2. The van der Waals surface area contributed by atoms with E-state index in [9.17, 15) is 0 Å². The van der Waals surface area contributed by atoms with Crippen LogP contribution in [0.15, 0.2) is 47.5 Å². The largest absolute Gasteiger partial charge is 0.492 e. The molecule has 0 atom stereocenters. The minimum atomic E-state index is 0.398. The fourth-order valence-corrected chi connectivity index (χ4v) is 2.59. The van der Waals surface area contributed by atoms with E-state index in [-0.39, 0.29) is 0 Å². The van der Waals surface area contributed by atoms with Crippen molar-refractivity contribution in [1.29, 1.82) is 0 Å². The van der Waals surface area contributed by atoms with Gasteiger partial charge >= 0.3 is 0 Å². The molecule has 0 amide bonds. The van der Waals surface area contributed by atoms with Crippen molar-refractivity contribution in [2.24, 2.45) is 10.7 Å². The Labute approximate surface area is 168 Å². The van der Waals surface area contributed by atoms with E-state index in [4.69, 9.17) is 15.2 Å². The Morgan fingerprint density at radius 2 is 1.86 bits per heavy atom. The van der Waals surface area contributed by atoms with Crippen LogP contribution in [-0.2, 0) is 11.3 Å². The zero-order valence-electron chi connectivity index (χ0n) is 17.4. The number of nitrogens with zero attached hydrogens (tertiary/aromatic N) is 2. The van der Waals surface area contributed by atoms with Crippen LogP contribution in [0.3, 0.4) is 0 Å². The molecule has 0 saturated carbocycles. The molecule has 0 aliphatic rings. The van der Waals surface area contributed by atoms with Gasteiger partial charge in [0.1, 0.15) is 12.4 Å². The first kappa shape index (κ1) is 21.7. The summed E-state index contributed by atoms with van der Waals surface area (Å²) >= 11 is 0. The Balaban J connectivity index is 1.84. The van der Waals surface area contributed by atoms with Gasteiger partial charge in [0.25, 0.3) is 0 Å². The number of guanidine groups is 1. The molecule has 0 aliphatic heterocycles. The van der Waals surface area contributed by atoms with Crippen LogP contribution in [0.1, 0.15) is 16.7 Å². The van der Waals surface area contributed by atoms with Crippen LogP contribution >= 0.6 is 0 Å². The first-order valence-corrected chi connectivity index (χ1v) is 9.51. The Bertz CT molecular complexity index is 777. The minimum Gasteiger partial charge on any atom is -0.492 e. The SMILES string of the molecule is COCCN(C)CCOc1cccc(CN=C(N)Nc2ccc(C)c(C)c2)c1. The van der Waals surface area contributed by atoms with Gasteiger partial charge in [0.15, 0.2) is 5.96 Å².